The van der Waals surface area contributed by atoms with Crippen molar-refractivity contribution in [2.75, 3.05) is 29.9 Å². The van der Waals surface area contributed by atoms with E-state index in [9.17, 15) is 0 Å². The fourth-order valence-electron chi connectivity index (χ4n) is 2.83. The number of piperidine rings is 1. The second-order valence-electron chi connectivity index (χ2n) is 5.67. The summed E-state index contributed by atoms with van der Waals surface area (Å²) in [7, 11) is 2.09. The molecule has 3 rings (SSSR count). The summed E-state index contributed by atoms with van der Waals surface area (Å²) in [5.74, 6) is 1.79. The fourth-order valence-corrected chi connectivity index (χ4v) is 2.83. The molecule has 2 aromatic heterocycles. The Morgan fingerprint density at radius 3 is 2.77 bits per heavy atom. The molecule has 0 aromatic carbocycles. The molecule has 0 N–H and O–H groups in total. The van der Waals surface area contributed by atoms with Crippen LogP contribution in [0.15, 0.2) is 31.0 Å². The van der Waals surface area contributed by atoms with Crippen molar-refractivity contribution in [2.24, 2.45) is 0 Å². The Morgan fingerprint density at radius 1 is 1.27 bits per heavy atom. The Hall–Kier alpha value is -2.24. The van der Waals surface area contributed by atoms with E-state index in [1.54, 1.807) is 12.5 Å². The molecule has 22 heavy (non-hydrogen) atoms. The van der Waals surface area contributed by atoms with Crippen molar-refractivity contribution in [1.82, 2.24) is 19.9 Å². The zero-order valence-corrected chi connectivity index (χ0v) is 13.2. The van der Waals surface area contributed by atoms with Gasteiger partial charge in [-0.15, -0.1) is 0 Å². The molecule has 116 valence electrons. The third kappa shape index (κ3) is 3.16. The second-order valence-corrected chi connectivity index (χ2v) is 5.67. The van der Waals surface area contributed by atoms with Gasteiger partial charge in [0, 0.05) is 44.8 Å². The van der Waals surface area contributed by atoms with E-state index in [1.165, 1.54) is 5.56 Å². The van der Waals surface area contributed by atoms with Crippen LogP contribution in [0.25, 0.3) is 0 Å². The minimum atomic E-state index is 0.415. The third-order valence-electron chi connectivity index (χ3n) is 4.25. The van der Waals surface area contributed by atoms with Crippen molar-refractivity contribution in [3.05, 3.63) is 36.5 Å². The fraction of sp³-hybridized carbons (Fsp3) is 0.500. The molecule has 0 amide bonds. The van der Waals surface area contributed by atoms with E-state index in [0.29, 0.717) is 6.04 Å². The number of aryl methyl sites for hydroxylation is 1. The molecule has 6 heteroatoms. The summed E-state index contributed by atoms with van der Waals surface area (Å²) in [6.45, 7) is 4.05. The van der Waals surface area contributed by atoms with Crippen LogP contribution in [-0.2, 0) is 6.42 Å². The van der Waals surface area contributed by atoms with Crippen LogP contribution in [0.4, 0.5) is 11.8 Å². The molecule has 1 aliphatic rings. The van der Waals surface area contributed by atoms with Gasteiger partial charge in [0.15, 0.2) is 0 Å². The molecule has 1 atom stereocenters. The summed E-state index contributed by atoms with van der Waals surface area (Å²) in [6, 6.07) is 2.36. The standard InChI is InChI=1S/C16H22N6/c1-3-13-9-18-16(19-10-13)22-8-4-5-14(11-22)21(2)15-6-7-17-12-20-15/h6-7,9-10,12,14H,3-5,8,11H2,1-2H3. The van der Waals surface area contributed by atoms with E-state index in [-0.39, 0.29) is 0 Å². The summed E-state index contributed by atoms with van der Waals surface area (Å²) >= 11 is 0. The van der Waals surface area contributed by atoms with Gasteiger partial charge < -0.3 is 9.80 Å². The largest absolute Gasteiger partial charge is 0.355 e. The van der Waals surface area contributed by atoms with E-state index in [4.69, 9.17) is 0 Å². The van der Waals surface area contributed by atoms with Crippen LogP contribution in [0.1, 0.15) is 25.3 Å². The van der Waals surface area contributed by atoms with Crippen molar-refractivity contribution in [3.8, 4) is 0 Å². The van der Waals surface area contributed by atoms with Crippen molar-refractivity contribution in [2.45, 2.75) is 32.2 Å². The lowest BCUT2D eigenvalue weighted by atomic mass is 10.0. The maximum absolute atomic E-state index is 4.51. The van der Waals surface area contributed by atoms with Crippen LogP contribution in [0.5, 0.6) is 0 Å². The van der Waals surface area contributed by atoms with Gasteiger partial charge in [0.2, 0.25) is 5.95 Å². The molecule has 3 heterocycles. The Morgan fingerprint density at radius 2 is 2.09 bits per heavy atom. The number of likely N-dealkylation sites (N-methyl/N-ethyl adjacent to an activating group) is 1. The van der Waals surface area contributed by atoms with Gasteiger partial charge in [-0.3, -0.25) is 0 Å². The highest BCUT2D eigenvalue weighted by Crippen LogP contribution is 2.21. The van der Waals surface area contributed by atoms with Crippen molar-refractivity contribution in [1.29, 1.82) is 0 Å². The normalized spacial score (nSPS) is 18.3. The highest BCUT2D eigenvalue weighted by Gasteiger charge is 2.25. The maximum atomic E-state index is 4.51. The van der Waals surface area contributed by atoms with Gasteiger partial charge in [-0.1, -0.05) is 6.92 Å². The maximum Gasteiger partial charge on any atom is 0.225 e. The predicted molar refractivity (Wildman–Crippen MR) is 87.1 cm³/mol. The Bertz CT molecular complexity index is 585. The van der Waals surface area contributed by atoms with E-state index in [2.05, 4.69) is 43.7 Å². The van der Waals surface area contributed by atoms with E-state index in [0.717, 1.165) is 44.1 Å². The molecule has 0 saturated carbocycles. The molecule has 1 unspecified atom stereocenters. The number of aromatic nitrogens is 4. The molecule has 2 aromatic rings. The molecule has 0 spiro atoms. The smallest absolute Gasteiger partial charge is 0.225 e. The summed E-state index contributed by atoms with van der Waals surface area (Å²) in [4.78, 5) is 21.8. The monoisotopic (exact) mass is 298 g/mol. The van der Waals surface area contributed by atoms with Gasteiger partial charge in [0.1, 0.15) is 12.1 Å². The van der Waals surface area contributed by atoms with Gasteiger partial charge in [-0.2, -0.15) is 0 Å². The number of rotatable bonds is 4. The molecular weight excluding hydrogens is 276 g/mol. The molecule has 1 aliphatic heterocycles. The van der Waals surface area contributed by atoms with Gasteiger partial charge in [0.25, 0.3) is 0 Å². The lowest BCUT2D eigenvalue weighted by Gasteiger charge is -2.38. The van der Waals surface area contributed by atoms with Crippen LogP contribution in [0, 0.1) is 0 Å². The minimum Gasteiger partial charge on any atom is -0.355 e. The molecular formula is C16H22N6. The Kier molecular flexibility index (Phi) is 4.46. The molecule has 6 nitrogen and oxygen atoms in total. The number of hydrogen-bond donors (Lipinski definition) is 0. The topological polar surface area (TPSA) is 58.0 Å². The number of anilines is 2. The summed E-state index contributed by atoms with van der Waals surface area (Å²) < 4.78 is 0. The highest BCUT2D eigenvalue weighted by atomic mass is 15.3. The molecule has 1 saturated heterocycles. The summed E-state index contributed by atoms with van der Waals surface area (Å²) in [6.07, 6.45) is 10.5. The molecule has 1 fully saturated rings. The predicted octanol–water partition coefficient (Wildman–Crippen LogP) is 1.93. The first kappa shape index (κ1) is 14.7. The average Bonchev–Trinajstić information content (AvgIpc) is 2.62. The van der Waals surface area contributed by atoms with Crippen LogP contribution in [0.3, 0.4) is 0 Å². The van der Waals surface area contributed by atoms with Gasteiger partial charge in [0.05, 0.1) is 0 Å². The SMILES string of the molecule is CCc1cnc(N2CCCC(N(C)c3ccncn3)C2)nc1. The molecule has 0 bridgehead atoms. The van der Waals surface area contributed by atoms with Crippen molar-refractivity contribution < 1.29 is 0 Å². The van der Waals surface area contributed by atoms with Crippen molar-refractivity contribution in [3.63, 3.8) is 0 Å². The Balaban J connectivity index is 1.70. The third-order valence-corrected chi connectivity index (χ3v) is 4.25. The minimum absolute atomic E-state index is 0.415. The quantitative estimate of drug-likeness (QED) is 0.859. The van der Waals surface area contributed by atoms with Crippen LogP contribution >= 0.6 is 0 Å². The van der Waals surface area contributed by atoms with E-state index in [1.807, 2.05) is 18.5 Å². The van der Waals surface area contributed by atoms with Gasteiger partial charge in [-0.05, 0) is 30.9 Å². The Labute approximate surface area is 131 Å². The molecule has 0 radical (unpaired) electrons. The van der Waals surface area contributed by atoms with Gasteiger partial charge in [-0.25, -0.2) is 19.9 Å². The molecule has 0 aliphatic carbocycles. The lowest BCUT2D eigenvalue weighted by Crippen LogP contribution is -2.47. The highest BCUT2D eigenvalue weighted by molar-refractivity contribution is 5.39. The first-order valence-corrected chi connectivity index (χ1v) is 7.82. The van der Waals surface area contributed by atoms with Crippen LogP contribution < -0.4 is 9.80 Å². The van der Waals surface area contributed by atoms with E-state index < -0.39 is 0 Å². The van der Waals surface area contributed by atoms with Crippen LogP contribution in [0.2, 0.25) is 0 Å². The first-order valence-electron chi connectivity index (χ1n) is 7.82. The lowest BCUT2D eigenvalue weighted by molar-refractivity contribution is 0.480. The van der Waals surface area contributed by atoms with Crippen LogP contribution in [-0.4, -0.2) is 46.1 Å². The van der Waals surface area contributed by atoms with E-state index >= 15 is 0 Å². The number of hydrogen-bond acceptors (Lipinski definition) is 6. The summed E-state index contributed by atoms with van der Waals surface area (Å²) in [5.41, 5.74) is 1.18. The van der Waals surface area contributed by atoms with Crippen molar-refractivity contribution >= 4 is 11.8 Å². The van der Waals surface area contributed by atoms with Gasteiger partial charge >= 0.3 is 0 Å². The zero-order chi connectivity index (χ0) is 15.4. The summed E-state index contributed by atoms with van der Waals surface area (Å²) in [5, 5.41) is 0. The zero-order valence-electron chi connectivity index (χ0n) is 13.2. The second kappa shape index (κ2) is 6.68. The number of nitrogens with zero attached hydrogens (tertiary/aromatic N) is 6. The first-order chi connectivity index (χ1) is 10.8. The average molecular weight is 298 g/mol.